The van der Waals surface area contributed by atoms with Gasteiger partial charge in [0.1, 0.15) is 18.2 Å². The number of amides is 1. The van der Waals surface area contributed by atoms with Crippen molar-refractivity contribution in [3.05, 3.63) is 114 Å². The van der Waals surface area contributed by atoms with E-state index in [4.69, 9.17) is 15.6 Å². The van der Waals surface area contributed by atoms with Crippen molar-refractivity contribution in [3.8, 4) is 16.9 Å². The first-order valence-electron chi connectivity index (χ1n) is 13.2. The van der Waals surface area contributed by atoms with E-state index in [9.17, 15) is 18.0 Å². The van der Waals surface area contributed by atoms with Gasteiger partial charge in [-0.15, -0.1) is 4.40 Å². The average molecular weight is 619 g/mol. The Morgan fingerprint density at radius 3 is 2.47 bits per heavy atom. The van der Waals surface area contributed by atoms with Gasteiger partial charge in [0, 0.05) is 17.5 Å². The lowest BCUT2D eigenvalue weighted by molar-refractivity contribution is 0.0946. The molecule has 12 heteroatoms. The van der Waals surface area contributed by atoms with Crippen molar-refractivity contribution in [2.24, 2.45) is 10.1 Å². The zero-order chi connectivity index (χ0) is 30.8. The summed E-state index contributed by atoms with van der Waals surface area (Å²) in [4.78, 5) is 28.9. The molecule has 1 aromatic heterocycles. The summed E-state index contributed by atoms with van der Waals surface area (Å²) in [5, 5.41) is 10.8. The fourth-order valence-electron chi connectivity index (χ4n) is 4.22. The molecule has 0 unspecified atom stereocenters. The number of aromatic nitrogens is 1. The molecule has 4 N–H and O–H groups in total. The van der Waals surface area contributed by atoms with E-state index < -0.39 is 27.3 Å². The molecule has 0 spiro atoms. The topological polar surface area (TPSA) is 161 Å². The highest BCUT2D eigenvalue weighted by Crippen LogP contribution is 2.29. The molecule has 0 aliphatic heterocycles. The quantitative estimate of drug-likeness (QED) is 0.142. The number of rotatable bonds is 12. The van der Waals surface area contributed by atoms with Crippen LogP contribution in [-0.2, 0) is 16.6 Å². The maximum Gasteiger partial charge on any atom is 0.364 e. The molecule has 1 heterocycles. The molecule has 1 atom stereocenters. The third kappa shape index (κ3) is 8.66. The number of sulfonamides is 1. The van der Waals surface area contributed by atoms with Crippen LogP contribution >= 0.6 is 11.8 Å². The van der Waals surface area contributed by atoms with Crippen molar-refractivity contribution < 1.29 is 27.9 Å². The van der Waals surface area contributed by atoms with Gasteiger partial charge in [0.25, 0.3) is 15.9 Å². The minimum atomic E-state index is -4.17. The highest BCUT2D eigenvalue weighted by Gasteiger charge is 2.24. The number of hydrogen-bond acceptors (Lipinski definition) is 7. The van der Waals surface area contributed by atoms with Gasteiger partial charge >= 0.3 is 5.30 Å². The van der Waals surface area contributed by atoms with E-state index in [1.807, 2.05) is 37.3 Å². The van der Waals surface area contributed by atoms with E-state index in [1.165, 1.54) is 12.1 Å². The van der Waals surface area contributed by atoms with Crippen molar-refractivity contribution in [3.63, 3.8) is 0 Å². The standard InChI is InChI=1S/C31H30N4O6S2/c1-21-8-5-6-12-25(21)27-18-22(20-41-23-9-7-16-33-19-23)13-14-26(27)30(36)34-28(15-17-42-31(37)38)29(32)35-43(39,40)24-10-3-2-4-11-24/h2-14,16,18-19,28H,15,17,20H2,1H3,(H2,32,35)(H,34,36)(H,37,38)/t28-/m0/s1. The monoisotopic (exact) mass is 618 g/mol. The van der Waals surface area contributed by atoms with Crippen LogP contribution in [0.25, 0.3) is 11.1 Å². The van der Waals surface area contributed by atoms with Crippen molar-refractivity contribution in [1.29, 1.82) is 0 Å². The van der Waals surface area contributed by atoms with Gasteiger partial charge in [-0.05, 0) is 83.8 Å². The molecule has 0 fully saturated rings. The summed E-state index contributed by atoms with van der Waals surface area (Å²) < 4.78 is 35.3. The molecule has 3 aromatic carbocycles. The molecular weight excluding hydrogens is 588 g/mol. The highest BCUT2D eigenvalue weighted by molar-refractivity contribution is 8.13. The number of carboxylic acid groups (broad SMARTS) is 1. The minimum absolute atomic E-state index is 0.0269. The number of thioether (sulfide) groups is 1. The number of pyridine rings is 1. The summed E-state index contributed by atoms with van der Waals surface area (Å²) in [6.45, 7) is 2.17. The average Bonchev–Trinajstić information content (AvgIpc) is 3.00. The normalized spacial score (nSPS) is 12.3. The molecule has 0 saturated carbocycles. The van der Waals surface area contributed by atoms with Crippen LogP contribution in [0.3, 0.4) is 0 Å². The van der Waals surface area contributed by atoms with Crippen LogP contribution in [0.2, 0.25) is 0 Å². The number of ether oxygens (including phenoxy) is 1. The van der Waals surface area contributed by atoms with E-state index in [-0.39, 0.29) is 29.5 Å². The van der Waals surface area contributed by atoms with Gasteiger partial charge in [-0.1, -0.05) is 48.5 Å². The summed E-state index contributed by atoms with van der Waals surface area (Å²) in [6.07, 6.45) is 3.29. The number of nitrogens with zero attached hydrogens (tertiary/aromatic N) is 2. The SMILES string of the molecule is Cc1ccccc1-c1cc(COc2cccnc2)ccc1C(=O)N[C@@H](CCSC(=O)O)C(N)=NS(=O)(=O)c1ccccc1. The summed E-state index contributed by atoms with van der Waals surface area (Å²) in [5.41, 5.74) is 9.67. The fourth-order valence-corrected chi connectivity index (χ4v) is 5.76. The van der Waals surface area contributed by atoms with Crippen LogP contribution in [0.5, 0.6) is 5.75 Å². The van der Waals surface area contributed by atoms with E-state index in [0.29, 0.717) is 28.6 Å². The van der Waals surface area contributed by atoms with Crippen molar-refractivity contribution >= 4 is 38.8 Å². The summed E-state index contributed by atoms with van der Waals surface area (Å²) in [6, 6.07) is 22.9. The second-order valence-electron chi connectivity index (χ2n) is 9.41. The molecule has 222 valence electrons. The van der Waals surface area contributed by atoms with Crippen LogP contribution in [0.1, 0.15) is 27.9 Å². The second-order valence-corrected chi connectivity index (χ2v) is 12.1. The van der Waals surface area contributed by atoms with Crippen molar-refractivity contribution in [2.75, 3.05) is 5.75 Å². The Balaban J connectivity index is 1.66. The number of carbonyl (C=O) groups excluding carboxylic acids is 1. The molecule has 0 saturated heterocycles. The first kappa shape index (κ1) is 31.3. The zero-order valence-corrected chi connectivity index (χ0v) is 24.8. The molecule has 1 amide bonds. The Morgan fingerprint density at radius 2 is 1.77 bits per heavy atom. The smallest absolute Gasteiger partial charge is 0.364 e. The van der Waals surface area contributed by atoms with Gasteiger partial charge in [-0.25, -0.2) is 4.79 Å². The van der Waals surface area contributed by atoms with Gasteiger partial charge < -0.3 is 20.9 Å². The summed E-state index contributed by atoms with van der Waals surface area (Å²) >= 11 is 0.609. The predicted octanol–water partition coefficient (Wildman–Crippen LogP) is 5.28. The maximum atomic E-state index is 13.8. The van der Waals surface area contributed by atoms with Crippen LogP contribution < -0.4 is 15.8 Å². The number of carbonyl (C=O) groups is 2. The third-order valence-corrected chi connectivity index (χ3v) is 8.37. The zero-order valence-electron chi connectivity index (χ0n) is 23.2. The molecule has 0 aliphatic rings. The van der Waals surface area contributed by atoms with Gasteiger partial charge in [0.15, 0.2) is 0 Å². The Kier molecular flexibility index (Phi) is 10.5. The molecule has 4 aromatic rings. The molecular formula is C31H30N4O6S2. The first-order valence-corrected chi connectivity index (χ1v) is 15.6. The minimum Gasteiger partial charge on any atom is -0.487 e. The Labute approximate surface area is 254 Å². The Hall–Kier alpha value is -4.68. The van der Waals surface area contributed by atoms with Gasteiger partial charge in [0.05, 0.1) is 17.1 Å². The predicted molar refractivity (Wildman–Crippen MR) is 167 cm³/mol. The Morgan fingerprint density at radius 1 is 1.02 bits per heavy atom. The van der Waals surface area contributed by atoms with Gasteiger partial charge in [0.2, 0.25) is 0 Å². The number of nitrogens with one attached hydrogen (secondary N) is 1. The first-order chi connectivity index (χ1) is 20.6. The number of nitrogens with two attached hydrogens (primary N) is 1. The molecule has 10 nitrogen and oxygen atoms in total. The lowest BCUT2D eigenvalue weighted by atomic mass is 9.93. The van der Waals surface area contributed by atoms with Gasteiger partial charge in [-0.3, -0.25) is 9.78 Å². The third-order valence-electron chi connectivity index (χ3n) is 6.36. The molecule has 0 radical (unpaired) electrons. The largest absolute Gasteiger partial charge is 0.487 e. The number of amidine groups is 1. The summed E-state index contributed by atoms with van der Waals surface area (Å²) in [5.74, 6) is -0.235. The second kappa shape index (κ2) is 14.5. The number of hydrogen-bond donors (Lipinski definition) is 3. The van der Waals surface area contributed by atoms with Crippen LogP contribution in [0.4, 0.5) is 4.79 Å². The van der Waals surface area contributed by atoms with E-state index in [0.717, 1.165) is 16.7 Å². The lowest BCUT2D eigenvalue weighted by Gasteiger charge is -2.20. The maximum absolute atomic E-state index is 13.8. The van der Waals surface area contributed by atoms with Crippen molar-refractivity contribution in [1.82, 2.24) is 10.3 Å². The molecule has 43 heavy (non-hydrogen) atoms. The molecule has 0 bridgehead atoms. The van der Waals surface area contributed by atoms with Gasteiger partial charge in [-0.2, -0.15) is 8.42 Å². The Bertz CT molecular complexity index is 1720. The highest BCUT2D eigenvalue weighted by atomic mass is 32.2. The lowest BCUT2D eigenvalue weighted by Crippen LogP contribution is -2.45. The van der Waals surface area contributed by atoms with E-state index in [1.54, 1.807) is 54.9 Å². The molecule has 0 aliphatic carbocycles. The van der Waals surface area contributed by atoms with Crippen LogP contribution in [0.15, 0.2) is 107 Å². The van der Waals surface area contributed by atoms with Crippen LogP contribution in [0, 0.1) is 6.92 Å². The number of aryl methyl sites for hydroxylation is 1. The van der Waals surface area contributed by atoms with E-state index in [2.05, 4.69) is 14.7 Å². The summed E-state index contributed by atoms with van der Waals surface area (Å²) in [7, 11) is -4.17. The fraction of sp³-hybridized carbons (Fsp3) is 0.161. The van der Waals surface area contributed by atoms with Crippen LogP contribution in [-0.4, -0.2) is 47.3 Å². The number of benzene rings is 3. The molecule has 4 rings (SSSR count). The van der Waals surface area contributed by atoms with E-state index >= 15 is 0 Å². The van der Waals surface area contributed by atoms with Crippen molar-refractivity contribution in [2.45, 2.75) is 30.9 Å².